The molecule has 0 radical (unpaired) electrons. The van der Waals surface area contributed by atoms with Gasteiger partial charge in [-0.3, -0.25) is 0 Å². The van der Waals surface area contributed by atoms with Gasteiger partial charge in [-0.15, -0.1) is 0 Å². The van der Waals surface area contributed by atoms with Gasteiger partial charge in [0.2, 0.25) is 0 Å². The van der Waals surface area contributed by atoms with Crippen molar-refractivity contribution in [3.63, 3.8) is 0 Å². The van der Waals surface area contributed by atoms with Crippen LogP contribution in [0.15, 0.2) is 36.7 Å². The first-order chi connectivity index (χ1) is 11.2. The molecule has 0 bridgehead atoms. The van der Waals surface area contributed by atoms with Gasteiger partial charge in [-0.25, -0.2) is 9.97 Å². The average Bonchev–Trinajstić information content (AvgIpc) is 2.53. The van der Waals surface area contributed by atoms with Gasteiger partial charge in [0.15, 0.2) is 5.82 Å². The average molecular weight is 312 g/mol. The lowest BCUT2D eigenvalue weighted by atomic mass is 9.72. The maximum Gasteiger partial charge on any atom is 0.257 e. The molecule has 6 heteroatoms. The second-order valence-electron chi connectivity index (χ2n) is 6.30. The first kappa shape index (κ1) is 14.1. The Balaban J connectivity index is 1.37. The SMILES string of the molecule is COc1ccc(N2CC3(C2)CN(c2nccnc2OC)C3)cc1. The molecule has 0 N–H and O–H groups in total. The van der Waals surface area contributed by atoms with Gasteiger partial charge < -0.3 is 19.3 Å². The molecule has 120 valence electrons. The van der Waals surface area contributed by atoms with Crippen LogP contribution in [-0.4, -0.2) is 50.4 Å². The van der Waals surface area contributed by atoms with Crippen LogP contribution in [0.25, 0.3) is 0 Å². The monoisotopic (exact) mass is 312 g/mol. The van der Waals surface area contributed by atoms with E-state index >= 15 is 0 Å². The van der Waals surface area contributed by atoms with Crippen LogP contribution in [0.4, 0.5) is 11.5 Å². The first-order valence-electron chi connectivity index (χ1n) is 7.72. The number of aromatic nitrogens is 2. The number of hydrogen-bond acceptors (Lipinski definition) is 6. The van der Waals surface area contributed by atoms with Gasteiger partial charge >= 0.3 is 0 Å². The lowest BCUT2D eigenvalue weighted by Crippen LogP contribution is -2.72. The summed E-state index contributed by atoms with van der Waals surface area (Å²) < 4.78 is 10.5. The predicted octanol–water partition coefficient (Wildman–Crippen LogP) is 1.82. The van der Waals surface area contributed by atoms with Crippen LogP contribution in [0, 0.1) is 5.41 Å². The van der Waals surface area contributed by atoms with E-state index in [1.807, 2.05) is 12.1 Å². The molecule has 0 atom stereocenters. The van der Waals surface area contributed by atoms with E-state index in [9.17, 15) is 0 Å². The Bertz CT molecular complexity index is 690. The van der Waals surface area contributed by atoms with Crippen molar-refractivity contribution < 1.29 is 9.47 Å². The van der Waals surface area contributed by atoms with E-state index in [4.69, 9.17) is 9.47 Å². The number of ether oxygens (including phenoxy) is 2. The summed E-state index contributed by atoms with van der Waals surface area (Å²) in [5, 5.41) is 0. The molecule has 0 aliphatic carbocycles. The van der Waals surface area contributed by atoms with Crippen LogP contribution in [0.2, 0.25) is 0 Å². The predicted molar refractivity (Wildman–Crippen MR) is 88.4 cm³/mol. The molecule has 4 rings (SSSR count). The Morgan fingerprint density at radius 3 is 2.17 bits per heavy atom. The zero-order valence-electron chi connectivity index (χ0n) is 13.4. The minimum Gasteiger partial charge on any atom is -0.497 e. The van der Waals surface area contributed by atoms with Crippen molar-refractivity contribution in [2.45, 2.75) is 0 Å². The largest absolute Gasteiger partial charge is 0.497 e. The number of benzene rings is 1. The van der Waals surface area contributed by atoms with Crippen molar-refractivity contribution in [2.75, 3.05) is 50.2 Å². The molecule has 6 nitrogen and oxygen atoms in total. The van der Waals surface area contributed by atoms with E-state index in [1.54, 1.807) is 26.6 Å². The second kappa shape index (κ2) is 5.30. The van der Waals surface area contributed by atoms with Gasteiger partial charge in [0.05, 0.1) is 14.2 Å². The Morgan fingerprint density at radius 1 is 0.870 bits per heavy atom. The molecule has 2 aromatic rings. The van der Waals surface area contributed by atoms with Crippen molar-refractivity contribution in [3.05, 3.63) is 36.7 Å². The third-order valence-corrected chi connectivity index (χ3v) is 4.68. The summed E-state index contributed by atoms with van der Waals surface area (Å²) in [6.07, 6.45) is 3.37. The zero-order valence-corrected chi connectivity index (χ0v) is 13.4. The van der Waals surface area contributed by atoms with Crippen LogP contribution in [0.1, 0.15) is 0 Å². The Kier molecular flexibility index (Phi) is 3.25. The van der Waals surface area contributed by atoms with Crippen LogP contribution in [0.5, 0.6) is 11.6 Å². The highest BCUT2D eigenvalue weighted by molar-refractivity contribution is 5.57. The fourth-order valence-corrected chi connectivity index (χ4v) is 3.53. The molecular formula is C17H20N4O2. The molecule has 0 amide bonds. The number of nitrogens with zero attached hydrogens (tertiary/aromatic N) is 4. The fourth-order valence-electron chi connectivity index (χ4n) is 3.53. The molecule has 2 fully saturated rings. The maximum atomic E-state index is 5.30. The standard InChI is InChI=1S/C17H20N4O2/c1-22-14-5-3-13(4-6-14)20-9-17(10-20)11-21(12-17)15-16(23-2)19-8-7-18-15/h3-8H,9-12H2,1-2H3. The summed E-state index contributed by atoms with van der Waals surface area (Å²) in [5.74, 6) is 2.35. The van der Waals surface area contributed by atoms with Gasteiger partial charge in [-0.2, -0.15) is 0 Å². The van der Waals surface area contributed by atoms with Crippen LogP contribution >= 0.6 is 0 Å². The summed E-state index contributed by atoms with van der Waals surface area (Å²) in [4.78, 5) is 13.3. The summed E-state index contributed by atoms with van der Waals surface area (Å²) in [6, 6.07) is 8.26. The number of methoxy groups -OCH3 is 2. The molecule has 0 saturated carbocycles. The normalized spacial score (nSPS) is 18.3. The quantitative estimate of drug-likeness (QED) is 0.858. The number of hydrogen-bond donors (Lipinski definition) is 0. The number of anilines is 2. The molecule has 1 aromatic carbocycles. The van der Waals surface area contributed by atoms with Crippen LogP contribution in [0.3, 0.4) is 0 Å². The molecule has 1 spiro atoms. The molecule has 1 aromatic heterocycles. The highest BCUT2D eigenvalue weighted by Gasteiger charge is 2.52. The Labute approximate surface area is 135 Å². The van der Waals surface area contributed by atoms with Crippen molar-refractivity contribution in [1.29, 1.82) is 0 Å². The number of rotatable bonds is 4. The first-order valence-corrected chi connectivity index (χ1v) is 7.72. The smallest absolute Gasteiger partial charge is 0.257 e. The highest BCUT2D eigenvalue weighted by atomic mass is 16.5. The maximum absolute atomic E-state index is 5.30. The molecule has 3 heterocycles. The van der Waals surface area contributed by atoms with Crippen molar-refractivity contribution >= 4 is 11.5 Å². The van der Waals surface area contributed by atoms with E-state index in [0.29, 0.717) is 11.3 Å². The van der Waals surface area contributed by atoms with E-state index < -0.39 is 0 Å². The second-order valence-corrected chi connectivity index (χ2v) is 6.30. The van der Waals surface area contributed by atoms with E-state index in [1.165, 1.54) is 5.69 Å². The summed E-state index contributed by atoms with van der Waals surface area (Å²) in [5.41, 5.74) is 1.63. The molecule has 2 aliphatic rings. The summed E-state index contributed by atoms with van der Waals surface area (Å²) >= 11 is 0. The summed E-state index contributed by atoms with van der Waals surface area (Å²) in [6.45, 7) is 4.18. The van der Waals surface area contributed by atoms with Gasteiger partial charge in [-0.05, 0) is 24.3 Å². The van der Waals surface area contributed by atoms with Crippen LogP contribution < -0.4 is 19.3 Å². The van der Waals surface area contributed by atoms with Gasteiger partial charge in [0.1, 0.15) is 5.75 Å². The topological polar surface area (TPSA) is 50.7 Å². The van der Waals surface area contributed by atoms with Gasteiger partial charge in [0.25, 0.3) is 5.88 Å². The minimum atomic E-state index is 0.377. The lowest BCUT2D eigenvalue weighted by Gasteiger charge is -2.61. The summed E-state index contributed by atoms with van der Waals surface area (Å²) in [7, 11) is 3.33. The third-order valence-electron chi connectivity index (χ3n) is 4.68. The van der Waals surface area contributed by atoms with E-state index in [2.05, 4.69) is 31.9 Å². The van der Waals surface area contributed by atoms with Crippen molar-refractivity contribution in [2.24, 2.45) is 5.41 Å². The van der Waals surface area contributed by atoms with Gasteiger partial charge in [-0.1, -0.05) is 0 Å². The molecular weight excluding hydrogens is 292 g/mol. The van der Waals surface area contributed by atoms with Crippen molar-refractivity contribution in [1.82, 2.24) is 9.97 Å². The Morgan fingerprint density at radius 2 is 1.52 bits per heavy atom. The van der Waals surface area contributed by atoms with E-state index in [0.717, 1.165) is 37.7 Å². The van der Waals surface area contributed by atoms with E-state index in [-0.39, 0.29) is 0 Å². The minimum absolute atomic E-state index is 0.377. The van der Waals surface area contributed by atoms with Crippen LogP contribution in [-0.2, 0) is 0 Å². The third kappa shape index (κ3) is 2.34. The fraction of sp³-hybridized carbons (Fsp3) is 0.412. The molecule has 2 aliphatic heterocycles. The molecule has 23 heavy (non-hydrogen) atoms. The van der Waals surface area contributed by atoms with Crippen molar-refractivity contribution in [3.8, 4) is 11.6 Å². The molecule has 2 saturated heterocycles. The van der Waals surface area contributed by atoms with Gasteiger partial charge in [0, 0.05) is 49.7 Å². The lowest BCUT2D eigenvalue weighted by molar-refractivity contribution is 0.154. The highest BCUT2D eigenvalue weighted by Crippen LogP contribution is 2.44. The zero-order chi connectivity index (χ0) is 15.9. The Hall–Kier alpha value is -2.50. The molecule has 0 unspecified atom stereocenters.